The monoisotopic (exact) mass is 513 g/mol. The molecule has 188 valence electrons. The second kappa shape index (κ2) is 9.90. The van der Waals surface area contributed by atoms with Crippen molar-refractivity contribution in [2.45, 2.75) is 36.1 Å². The van der Waals surface area contributed by atoms with Crippen LogP contribution >= 0.6 is 0 Å². The molecule has 2 saturated heterocycles. The van der Waals surface area contributed by atoms with E-state index >= 15 is 0 Å². The summed E-state index contributed by atoms with van der Waals surface area (Å²) in [5.74, 6) is -0.271. The molecule has 2 aliphatic rings. The molecule has 36 heavy (non-hydrogen) atoms. The summed E-state index contributed by atoms with van der Waals surface area (Å²) in [6.07, 6.45) is 0.663. The zero-order chi connectivity index (χ0) is 25.3. The van der Waals surface area contributed by atoms with Crippen molar-refractivity contribution in [3.05, 3.63) is 66.6 Å². The van der Waals surface area contributed by atoms with Crippen LogP contribution < -0.4 is 15.4 Å². The number of hydrogen-bond donors (Lipinski definition) is 3. The fourth-order valence-corrected chi connectivity index (χ4v) is 5.55. The Morgan fingerprint density at radius 3 is 2.47 bits per heavy atom. The summed E-state index contributed by atoms with van der Waals surface area (Å²) in [5.41, 5.74) is 1.69. The van der Waals surface area contributed by atoms with Gasteiger partial charge in [-0.15, -0.1) is 0 Å². The number of fused-ring (bicyclic) bond motifs is 1. The van der Waals surface area contributed by atoms with Crippen molar-refractivity contribution in [2.24, 2.45) is 0 Å². The highest BCUT2D eigenvalue weighted by Gasteiger charge is 2.49. The molecule has 2 aromatic carbocycles. The smallest absolute Gasteiger partial charge is 0.240 e. The summed E-state index contributed by atoms with van der Waals surface area (Å²) in [4.78, 5) is 19.9. The molecule has 3 aromatic rings. The Morgan fingerprint density at radius 2 is 1.75 bits per heavy atom. The van der Waals surface area contributed by atoms with Crippen LogP contribution in [-0.4, -0.2) is 61.8 Å². The molecule has 0 saturated carbocycles. The third kappa shape index (κ3) is 5.21. The largest absolute Gasteiger partial charge is 0.371 e. The number of carbonyl (C=O) groups excluding carboxylic acids is 1. The maximum Gasteiger partial charge on any atom is 0.240 e. The predicted molar refractivity (Wildman–Crippen MR) is 129 cm³/mol. The SMILES string of the molecule is CC(=O)Nc1ccc(S(=O)(=O)N[C@H]2CO[C@H]3[C@@H]2OC[C@@H]3Nc2nccc(-c3cccc(F)c3)n2)cc1. The van der Waals surface area contributed by atoms with Crippen molar-refractivity contribution < 1.29 is 27.1 Å². The van der Waals surface area contributed by atoms with Crippen LogP contribution in [0, 0.1) is 5.82 Å². The molecule has 4 atom stereocenters. The van der Waals surface area contributed by atoms with Crippen molar-refractivity contribution in [1.82, 2.24) is 14.7 Å². The van der Waals surface area contributed by atoms with Gasteiger partial charge in [-0.25, -0.2) is 27.5 Å². The van der Waals surface area contributed by atoms with Gasteiger partial charge in [0.1, 0.15) is 18.0 Å². The predicted octanol–water partition coefficient (Wildman–Crippen LogP) is 2.17. The first-order valence-electron chi connectivity index (χ1n) is 11.3. The van der Waals surface area contributed by atoms with Crippen LogP contribution in [0.4, 0.5) is 16.0 Å². The number of halogens is 1. The number of hydrogen-bond acceptors (Lipinski definition) is 8. The van der Waals surface area contributed by atoms with Crippen LogP contribution in [0.5, 0.6) is 0 Å². The van der Waals surface area contributed by atoms with Gasteiger partial charge in [-0.05, 0) is 42.5 Å². The van der Waals surface area contributed by atoms with Crippen LogP contribution in [0.15, 0.2) is 65.7 Å². The molecule has 0 unspecified atom stereocenters. The summed E-state index contributed by atoms with van der Waals surface area (Å²) < 4.78 is 53.8. The van der Waals surface area contributed by atoms with E-state index < -0.39 is 28.3 Å². The second-order valence-corrected chi connectivity index (χ2v) is 10.3. The molecule has 1 amide bonds. The molecule has 0 aliphatic carbocycles. The maximum atomic E-state index is 13.6. The Kier molecular flexibility index (Phi) is 6.67. The Morgan fingerprint density at radius 1 is 1.03 bits per heavy atom. The number of nitrogens with zero attached hydrogens (tertiary/aromatic N) is 2. The fraction of sp³-hybridized carbons (Fsp3) is 0.292. The number of rotatable bonds is 7. The van der Waals surface area contributed by atoms with Crippen LogP contribution in [0.25, 0.3) is 11.3 Å². The van der Waals surface area contributed by atoms with Gasteiger partial charge in [-0.1, -0.05) is 12.1 Å². The van der Waals surface area contributed by atoms with E-state index in [1.54, 1.807) is 24.4 Å². The molecule has 0 spiro atoms. The molecule has 2 aliphatic heterocycles. The zero-order valence-corrected chi connectivity index (χ0v) is 20.0. The van der Waals surface area contributed by atoms with E-state index in [9.17, 15) is 17.6 Å². The van der Waals surface area contributed by atoms with E-state index in [0.29, 0.717) is 22.9 Å². The average molecular weight is 514 g/mol. The summed E-state index contributed by atoms with van der Waals surface area (Å²) >= 11 is 0. The van der Waals surface area contributed by atoms with E-state index in [-0.39, 0.29) is 35.9 Å². The number of aromatic nitrogens is 2. The number of ether oxygens (including phenoxy) is 2. The number of anilines is 2. The fourth-order valence-electron chi connectivity index (χ4n) is 4.31. The topological polar surface area (TPSA) is 132 Å². The van der Waals surface area contributed by atoms with E-state index in [1.807, 2.05) is 0 Å². The minimum atomic E-state index is -3.84. The van der Waals surface area contributed by atoms with Crippen LogP contribution in [-0.2, 0) is 24.3 Å². The van der Waals surface area contributed by atoms with Gasteiger partial charge in [-0.3, -0.25) is 4.79 Å². The van der Waals surface area contributed by atoms with Crippen molar-refractivity contribution in [2.75, 3.05) is 23.8 Å². The lowest BCUT2D eigenvalue weighted by Crippen LogP contribution is -2.44. The third-order valence-corrected chi connectivity index (χ3v) is 7.44. The molecule has 0 bridgehead atoms. The average Bonchev–Trinajstić information content (AvgIpc) is 3.42. The highest BCUT2D eigenvalue weighted by molar-refractivity contribution is 7.89. The van der Waals surface area contributed by atoms with Crippen molar-refractivity contribution >= 4 is 27.6 Å². The van der Waals surface area contributed by atoms with Crippen LogP contribution in [0.1, 0.15) is 6.92 Å². The number of nitrogens with one attached hydrogen (secondary N) is 3. The van der Waals surface area contributed by atoms with Crippen molar-refractivity contribution in [1.29, 1.82) is 0 Å². The lowest BCUT2D eigenvalue weighted by atomic mass is 10.1. The Hall–Kier alpha value is -3.45. The van der Waals surface area contributed by atoms with Gasteiger partial charge in [-0.2, -0.15) is 0 Å². The molecule has 5 rings (SSSR count). The first-order chi connectivity index (χ1) is 17.3. The van der Waals surface area contributed by atoms with Gasteiger partial charge in [0.05, 0.1) is 35.9 Å². The van der Waals surface area contributed by atoms with Gasteiger partial charge in [0.15, 0.2) is 0 Å². The van der Waals surface area contributed by atoms with Crippen LogP contribution in [0.3, 0.4) is 0 Å². The third-order valence-electron chi connectivity index (χ3n) is 5.94. The lowest BCUT2D eigenvalue weighted by Gasteiger charge is -2.18. The van der Waals surface area contributed by atoms with Crippen molar-refractivity contribution in [3.63, 3.8) is 0 Å². The number of amides is 1. The number of benzene rings is 2. The van der Waals surface area contributed by atoms with E-state index in [2.05, 4.69) is 25.3 Å². The highest BCUT2D eigenvalue weighted by Crippen LogP contribution is 2.30. The highest BCUT2D eigenvalue weighted by atomic mass is 32.2. The minimum Gasteiger partial charge on any atom is -0.371 e. The Bertz CT molecular complexity index is 1370. The normalized spacial score (nSPS) is 23.3. The molecule has 0 radical (unpaired) electrons. The van der Waals surface area contributed by atoms with Crippen LogP contribution in [0.2, 0.25) is 0 Å². The van der Waals surface area contributed by atoms with Gasteiger partial charge >= 0.3 is 0 Å². The standard InChI is InChI=1S/C24H24FN5O5S/c1-14(31)27-17-5-7-18(8-6-17)36(32,33)30-21-13-35-22-20(12-34-23(21)22)29-24-26-10-9-19(28-24)15-3-2-4-16(25)11-15/h2-11,20-23,30H,12-13H2,1H3,(H,27,31)(H,26,28,29)/t20-,21-,22+,23+/m0/s1. The number of carbonyl (C=O) groups is 1. The molecule has 3 N–H and O–H groups in total. The lowest BCUT2D eigenvalue weighted by molar-refractivity contribution is -0.114. The van der Waals surface area contributed by atoms with E-state index in [4.69, 9.17) is 9.47 Å². The van der Waals surface area contributed by atoms with Gasteiger partial charge in [0, 0.05) is 24.4 Å². The molecule has 1 aromatic heterocycles. The van der Waals surface area contributed by atoms with Gasteiger partial charge < -0.3 is 20.1 Å². The Balaban J connectivity index is 1.24. The van der Waals surface area contributed by atoms with E-state index in [0.717, 1.165) is 0 Å². The molecular formula is C24H24FN5O5S. The summed E-state index contributed by atoms with van der Waals surface area (Å²) in [5, 5.41) is 5.79. The summed E-state index contributed by atoms with van der Waals surface area (Å²) in [7, 11) is -3.84. The summed E-state index contributed by atoms with van der Waals surface area (Å²) in [6.45, 7) is 1.78. The molecule has 10 nitrogen and oxygen atoms in total. The molecular weight excluding hydrogens is 489 g/mol. The first kappa shape index (κ1) is 24.3. The Labute approximate surface area is 207 Å². The van der Waals surface area contributed by atoms with Gasteiger partial charge in [0.2, 0.25) is 21.9 Å². The molecule has 12 heteroatoms. The first-order valence-corrected chi connectivity index (χ1v) is 12.8. The summed E-state index contributed by atoms with van der Waals surface area (Å²) in [6, 6.07) is 12.8. The quantitative estimate of drug-likeness (QED) is 0.438. The zero-order valence-electron chi connectivity index (χ0n) is 19.2. The molecule has 3 heterocycles. The maximum absolute atomic E-state index is 13.6. The minimum absolute atomic E-state index is 0.0651. The van der Waals surface area contributed by atoms with Crippen molar-refractivity contribution in [3.8, 4) is 11.3 Å². The van der Waals surface area contributed by atoms with E-state index in [1.165, 1.54) is 43.3 Å². The molecule has 2 fully saturated rings. The number of sulfonamides is 1. The second-order valence-electron chi connectivity index (χ2n) is 8.56. The van der Waals surface area contributed by atoms with Gasteiger partial charge in [0.25, 0.3) is 0 Å².